The summed E-state index contributed by atoms with van der Waals surface area (Å²) < 4.78 is 66.7. The zero-order chi connectivity index (χ0) is 22.8. The molecule has 0 saturated carbocycles. The molecule has 31 heavy (non-hydrogen) atoms. The van der Waals surface area contributed by atoms with Crippen LogP contribution in [0.2, 0.25) is 0 Å². The molecule has 1 N–H and O–H groups in total. The van der Waals surface area contributed by atoms with E-state index in [1.807, 2.05) is 19.0 Å². The molecular formula is C21H24F3N3O3S. The van der Waals surface area contributed by atoms with Crippen molar-refractivity contribution in [3.63, 3.8) is 0 Å². The van der Waals surface area contributed by atoms with Gasteiger partial charge in [0, 0.05) is 19.1 Å². The van der Waals surface area contributed by atoms with Crippen LogP contribution in [-0.4, -0.2) is 57.4 Å². The molecule has 1 aliphatic rings. The molecule has 0 aliphatic carbocycles. The maximum absolute atomic E-state index is 13.1. The normalized spacial score (nSPS) is 17.6. The lowest BCUT2D eigenvalue weighted by atomic mass is 10.0. The van der Waals surface area contributed by atoms with Crippen LogP contribution in [0.25, 0.3) is 0 Å². The van der Waals surface area contributed by atoms with E-state index in [0.29, 0.717) is 19.2 Å². The molecule has 2 aromatic carbocycles. The molecule has 3 rings (SSSR count). The summed E-state index contributed by atoms with van der Waals surface area (Å²) in [6.45, 7) is 1.07. The lowest BCUT2D eigenvalue weighted by molar-refractivity contribution is -0.137. The number of benzene rings is 2. The third-order valence-electron chi connectivity index (χ3n) is 5.29. The van der Waals surface area contributed by atoms with Crippen molar-refractivity contribution in [1.82, 2.24) is 9.80 Å². The summed E-state index contributed by atoms with van der Waals surface area (Å²) in [6.07, 6.45) is -2.88. The minimum absolute atomic E-state index is 0.0249. The van der Waals surface area contributed by atoms with Gasteiger partial charge in [-0.15, -0.1) is 0 Å². The van der Waals surface area contributed by atoms with Crippen molar-refractivity contribution in [3.05, 3.63) is 59.7 Å². The fraction of sp³-hybridized carbons (Fsp3) is 0.381. The summed E-state index contributed by atoms with van der Waals surface area (Å²) in [4.78, 5) is 16.3. The summed E-state index contributed by atoms with van der Waals surface area (Å²) in [5.41, 5.74) is -0.892. The van der Waals surface area contributed by atoms with Gasteiger partial charge in [0.1, 0.15) is 0 Å². The number of carbonyl (C=O) groups excluding carboxylic acids is 1. The van der Waals surface area contributed by atoms with E-state index in [1.165, 1.54) is 12.1 Å². The second-order valence-corrected chi connectivity index (χ2v) is 9.37. The zero-order valence-corrected chi connectivity index (χ0v) is 18.0. The fourth-order valence-electron chi connectivity index (χ4n) is 3.53. The van der Waals surface area contributed by atoms with E-state index >= 15 is 0 Å². The van der Waals surface area contributed by atoms with Gasteiger partial charge in [0.2, 0.25) is 0 Å². The summed E-state index contributed by atoms with van der Waals surface area (Å²) >= 11 is 0. The number of sulfonamides is 1. The van der Waals surface area contributed by atoms with Gasteiger partial charge in [-0.3, -0.25) is 9.52 Å². The lowest BCUT2D eigenvalue weighted by Gasteiger charge is -2.36. The maximum Gasteiger partial charge on any atom is 0.416 e. The average Bonchev–Trinajstić information content (AvgIpc) is 2.73. The number of para-hydroxylation sites is 1. The first-order chi connectivity index (χ1) is 14.5. The van der Waals surface area contributed by atoms with Crippen molar-refractivity contribution < 1.29 is 26.4 Å². The van der Waals surface area contributed by atoms with Crippen molar-refractivity contribution in [1.29, 1.82) is 0 Å². The van der Waals surface area contributed by atoms with Crippen LogP contribution >= 0.6 is 0 Å². The van der Waals surface area contributed by atoms with Gasteiger partial charge in [-0.25, -0.2) is 8.42 Å². The van der Waals surface area contributed by atoms with E-state index in [4.69, 9.17) is 0 Å². The molecule has 0 bridgehead atoms. The Bertz CT molecular complexity index is 1060. The van der Waals surface area contributed by atoms with E-state index in [-0.39, 0.29) is 23.2 Å². The van der Waals surface area contributed by atoms with Crippen LogP contribution in [0.5, 0.6) is 0 Å². The average molecular weight is 456 g/mol. The monoisotopic (exact) mass is 455 g/mol. The van der Waals surface area contributed by atoms with Crippen LogP contribution in [0.4, 0.5) is 18.9 Å². The minimum atomic E-state index is -4.67. The Balaban J connectivity index is 1.88. The summed E-state index contributed by atoms with van der Waals surface area (Å²) in [5.74, 6) is -0.325. The van der Waals surface area contributed by atoms with E-state index in [2.05, 4.69) is 4.72 Å². The first-order valence-electron chi connectivity index (χ1n) is 9.74. The zero-order valence-electron chi connectivity index (χ0n) is 17.2. The van der Waals surface area contributed by atoms with Crippen molar-refractivity contribution >= 4 is 21.6 Å². The molecular weight excluding hydrogens is 431 g/mol. The van der Waals surface area contributed by atoms with Crippen LogP contribution < -0.4 is 4.72 Å². The highest BCUT2D eigenvalue weighted by Crippen LogP contribution is 2.31. The van der Waals surface area contributed by atoms with Crippen LogP contribution in [0.1, 0.15) is 28.8 Å². The fourth-order valence-corrected chi connectivity index (χ4v) is 4.66. The van der Waals surface area contributed by atoms with Gasteiger partial charge in [-0.2, -0.15) is 13.2 Å². The van der Waals surface area contributed by atoms with Gasteiger partial charge in [0.05, 0.1) is 21.7 Å². The molecule has 1 saturated heterocycles. The highest BCUT2D eigenvalue weighted by molar-refractivity contribution is 7.92. The number of carbonyl (C=O) groups is 1. The van der Waals surface area contributed by atoms with Crippen molar-refractivity contribution in [2.24, 2.45) is 0 Å². The highest BCUT2D eigenvalue weighted by atomic mass is 32.2. The van der Waals surface area contributed by atoms with Crippen LogP contribution in [-0.2, 0) is 16.2 Å². The van der Waals surface area contributed by atoms with Crippen LogP contribution in [0.15, 0.2) is 53.4 Å². The Kier molecular flexibility index (Phi) is 6.61. The topological polar surface area (TPSA) is 69.7 Å². The highest BCUT2D eigenvalue weighted by Gasteiger charge is 2.32. The first-order valence-corrected chi connectivity index (χ1v) is 11.2. The molecule has 10 heteroatoms. The Labute approximate surface area is 179 Å². The number of rotatable bonds is 5. The molecule has 1 aliphatic heterocycles. The molecule has 0 radical (unpaired) electrons. The van der Waals surface area contributed by atoms with Crippen molar-refractivity contribution in [2.45, 2.75) is 30.0 Å². The Morgan fingerprint density at radius 2 is 1.84 bits per heavy atom. The second kappa shape index (κ2) is 8.88. The predicted octanol–water partition coefficient (Wildman–Crippen LogP) is 3.67. The van der Waals surface area contributed by atoms with E-state index in [9.17, 15) is 26.4 Å². The van der Waals surface area contributed by atoms with E-state index < -0.39 is 26.7 Å². The smallest absolute Gasteiger partial charge is 0.337 e. The summed E-state index contributed by atoms with van der Waals surface area (Å²) in [6, 6.07) is 9.77. The van der Waals surface area contributed by atoms with Gasteiger partial charge in [-0.05, 0) is 57.3 Å². The molecule has 1 atom stereocenters. The van der Waals surface area contributed by atoms with E-state index in [0.717, 1.165) is 31.0 Å². The Morgan fingerprint density at radius 3 is 2.52 bits per heavy atom. The largest absolute Gasteiger partial charge is 0.416 e. The molecule has 168 valence electrons. The van der Waals surface area contributed by atoms with Crippen LogP contribution in [0.3, 0.4) is 0 Å². The number of likely N-dealkylation sites (N-methyl/N-ethyl adjacent to an activating group) is 1. The molecule has 0 spiro atoms. The standard InChI is InChI=1S/C21H24F3N3O3S/c1-26(2)16-8-6-12-27(14-16)20(28)18-10-3-4-11-19(18)25-31(29,30)17-9-5-7-15(13-17)21(22,23)24/h3-5,7,9-11,13,16,25H,6,8,12,14H2,1-2H3. The molecule has 1 amide bonds. The van der Waals surface area contributed by atoms with Crippen molar-refractivity contribution in [2.75, 3.05) is 31.9 Å². The number of likely N-dealkylation sites (tertiary alicyclic amines) is 1. The van der Waals surface area contributed by atoms with Gasteiger partial charge < -0.3 is 9.80 Å². The third-order valence-corrected chi connectivity index (χ3v) is 6.65. The van der Waals surface area contributed by atoms with Gasteiger partial charge >= 0.3 is 6.18 Å². The first kappa shape index (κ1) is 23.1. The number of nitrogens with zero attached hydrogens (tertiary/aromatic N) is 2. The number of anilines is 1. The van der Waals surface area contributed by atoms with Crippen LogP contribution in [0, 0.1) is 0 Å². The molecule has 1 heterocycles. The molecule has 2 aromatic rings. The second-order valence-electron chi connectivity index (χ2n) is 7.69. The van der Waals surface area contributed by atoms with Crippen molar-refractivity contribution in [3.8, 4) is 0 Å². The Morgan fingerprint density at radius 1 is 1.13 bits per heavy atom. The quantitative estimate of drug-likeness (QED) is 0.747. The molecule has 6 nitrogen and oxygen atoms in total. The summed E-state index contributed by atoms with van der Waals surface area (Å²) in [5, 5.41) is 0. The molecule has 1 unspecified atom stereocenters. The molecule has 1 fully saturated rings. The maximum atomic E-state index is 13.1. The number of hydrogen-bond donors (Lipinski definition) is 1. The van der Waals surface area contributed by atoms with Gasteiger partial charge in [-0.1, -0.05) is 18.2 Å². The number of piperidine rings is 1. The SMILES string of the molecule is CN(C)C1CCCN(C(=O)c2ccccc2NS(=O)(=O)c2cccc(C(F)(F)F)c2)C1. The van der Waals surface area contributed by atoms with E-state index in [1.54, 1.807) is 17.0 Å². The number of amides is 1. The third kappa shape index (κ3) is 5.37. The Hall–Kier alpha value is -2.59. The van der Waals surface area contributed by atoms with Gasteiger partial charge in [0.15, 0.2) is 0 Å². The number of hydrogen-bond acceptors (Lipinski definition) is 4. The minimum Gasteiger partial charge on any atom is -0.337 e. The predicted molar refractivity (Wildman–Crippen MR) is 111 cm³/mol. The number of alkyl halides is 3. The summed E-state index contributed by atoms with van der Waals surface area (Å²) in [7, 11) is -0.456. The number of halogens is 3. The molecule has 0 aromatic heterocycles. The lowest BCUT2D eigenvalue weighted by Crippen LogP contribution is -2.47. The van der Waals surface area contributed by atoms with Gasteiger partial charge in [0.25, 0.3) is 15.9 Å². The number of nitrogens with one attached hydrogen (secondary N) is 1.